The van der Waals surface area contributed by atoms with Gasteiger partial charge in [0.25, 0.3) is 5.91 Å². The molecule has 9 heteroatoms. The van der Waals surface area contributed by atoms with Gasteiger partial charge in [-0.15, -0.1) is 11.3 Å². The first-order valence-corrected chi connectivity index (χ1v) is 12.2. The number of nitrogens with zero attached hydrogens (tertiary/aromatic N) is 2. The minimum atomic E-state index is -3.74. The van der Waals surface area contributed by atoms with Crippen molar-refractivity contribution >= 4 is 33.2 Å². The van der Waals surface area contributed by atoms with Crippen molar-refractivity contribution < 1.29 is 22.7 Å². The highest BCUT2D eigenvalue weighted by Gasteiger charge is 2.30. The van der Waals surface area contributed by atoms with Crippen LogP contribution in [0.5, 0.6) is 0 Å². The van der Waals surface area contributed by atoms with Crippen LogP contribution in [-0.4, -0.2) is 55.2 Å². The summed E-state index contributed by atoms with van der Waals surface area (Å²) in [6, 6.07) is 7.72. The van der Waals surface area contributed by atoms with Crippen LogP contribution in [0, 0.1) is 0 Å². The number of thiophene rings is 1. The molecule has 0 spiro atoms. The minimum Gasteiger partial charge on any atom is -0.465 e. The SMILES string of the molecule is CCOC(=O)CN(C(=O)c1cccc(S(=O)(=O)N2CCc3sccc3C2)c1)C(C)C. The Kier molecular flexibility index (Phi) is 6.95. The van der Waals surface area contributed by atoms with Crippen LogP contribution >= 0.6 is 11.3 Å². The first-order chi connectivity index (χ1) is 14.2. The van der Waals surface area contributed by atoms with Crippen molar-refractivity contribution in [2.75, 3.05) is 19.7 Å². The summed E-state index contributed by atoms with van der Waals surface area (Å²) in [7, 11) is -3.74. The summed E-state index contributed by atoms with van der Waals surface area (Å²) in [5.74, 6) is -0.905. The highest BCUT2D eigenvalue weighted by Crippen LogP contribution is 2.28. The summed E-state index contributed by atoms with van der Waals surface area (Å²) in [6.07, 6.45) is 0.686. The number of esters is 1. The van der Waals surface area contributed by atoms with Crippen LogP contribution in [0.3, 0.4) is 0 Å². The maximum absolute atomic E-state index is 13.2. The van der Waals surface area contributed by atoms with E-state index in [1.165, 1.54) is 26.2 Å². The third kappa shape index (κ3) is 4.74. The van der Waals surface area contributed by atoms with E-state index in [2.05, 4.69) is 0 Å². The van der Waals surface area contributed by atoms with Gasteiger partial charge in [0.05, 0.1) is 11.5 Å². The highest BCUT2D eigenvalue weighted by atomic mass is 32.2. The first kappa shape index (κ1) is 22.5. The van der Waals surface area contributed by atoms with Crippen molar-refractivity contribution in [2.45, 2.75) is 44.7 Å². The monoisotopic (exact) mass is 450 g/mol. The van der Waals surface area contributed by atoms with Crippen molar-refractivity contribution in [3.8, 4) is 0 Å². The molecule has 0 atom stereocenters. The quantitative estimate of drug-likeness (QED) is 0.606. The summed E-state index contributed by atoms with van der Waals surface area (Å²) < 4.78 is 32.8. The predicted molar refractivity (Wildman–Crippen MR) is 115 cm³/mol. The highest BCUT2D eigenvalue weighted by molar-refractivity contribution is 7.89. The van der Waals surface area contributed by atoms with E-state index >= 15 is 0 Å². The Labute approximate surface area is 181 Å². The number of hydrogen-bond donors (Lipinski definition) is 0. The fraction of sp³-hybridized carbons (Fsp3) is 0.429. The zero-order valence-corrected chi connectivity index (χ0v) is 19.0. The maximum Gasteiger partial charge on any atom is 0.325 e. The normalized spacial score (nSPS) is 14.4. The van der Waals surface area contributed by atoms with E-state index in [0.29, 0.717) is 19.5 Å². The van der Waals surface area contributed by atoms with E-state index < -0.39 is 21.9 Å². The van der Waals surface area contributed by atoms with Gasteiger partial charge < -0.3 is 9.64 Å². The number of rotatable bonds is 7. The van der Waals surface area contributed by atoms with Gasteiger partial charge in [0, 0.05) is 29.6 Å². The number of carbonyl (C=O) groups is 2. The van der Waals surface area contributed by atoms with E-state index in [9.17, 15) is 18.0 Å². The van der Waals surface area contributed by atoms with Gasteiger partial charge in [0.2, 0.25) is 10.0 Å². The molecular weight excluding hydrogens is 424 g/mol. The number of ether oxygens (including phenoxy) is 1. The molecule has 0 unspecified atom stereocenters. The van der Waals surface area contributed by atoms with Gasteiger partial charge in [0.1, 0.15) is 6.54 Å². The van der Waals surface area contributed by atoms with Crippen molar-refractivity contribution in [3.05, 3.63) is 51.7 Å². The molecule has 0 saturated carbocycles. The summed E-state index contributed by atoms with van der Waals surface area (Å²) in [6.45, 7) is 6.08. The molecule has 162 valence electrons. The fourth-order valence-corrected chi connectivity index (χ4v) is 5.72. The molecule has 0 fully saturated rings. The molecule has 3 rings (SSSR count). The second-order valence-electron chi connectivity index (χ2n) is 7.32. The van der Waals surface area contributed by atoms with Crippen LogP contribution in [-0.2, 0) is 32.5 Å². The number of sulfonamides is 1. The van der Waals surface area contributed by atoms with E-state index in [-0.39, 0.29) is 29.7 Å². The van der Waals surface area contributed by atoms with Crippen molar-refractivity contribution in [2.24, 2.45) is 0 Å². The lowest BCUT2D eigenvalue weighted by Gasteiger charge is -2.27. The van der Waals surface area contributed by atoms with Crippen molar-refractivity contribution in [3.63, 3.8) is 0 Å². The van der Waals surface area contributed by atoms with E-state index in [4.69, 9.17) is 4.74 Å². The minimum absolute atomic E-state index is 0.0758. The molecule has 0 bridgehead atoms. The summed E-state index contributed by atoms with van der Waals surface area (Å²) >= 11 is 1.64. The molecule has 0 N–H and O–H groups in total. The molecule has 1 aromatic carbocycles. The van der Waals surface area contributed by atoms with Gasteiger partial charge in [-0.1, -0.05) is 6.07 Å². The Morgan fingerprint density at radius 1 is 1.27 bits per heavy atom. The van der Waals surface area contributed by atoms with Crippen LogP contribution < -0.4 is 0 Å². The smallest absolute Gasteiger partial charge is 0.325 e. The van der Waals surface area contributed by atoms with E-state index in [1.807, 2.05) is 11.4 Å². The van der Waals surface area contributed by atoms with Crippen LogP contribution in [0.4, 0.5) is 0 Å². The van der Waals surface area contributed by atoms with Gasteiger partial charge in [-0.2, -0.15) is 4.31 Å². The number of hydrogen-bond acceptors (Lipinski definition) is 6. The number of carbonyl (C=O) groups excluding carboxylic acids is 2. The van der Waals surface area contributed by atoms with Crippen molar-refractivity contribution in [1.82, 2.24) is 9.21 Å². The van der Waals surface area contributed by atoms with Crippen LogP contribution in [0.25, 0.3) is 0 Å². The Balaban J connectivity index is 1.84. The van der Waals surface area contributed by atoms with Crippen LogP contribution in [0.1, 0.15) is 41.6 Å². The lowest BCUT2D eigenvalue weighted by Crippen LogP contribution is -2.41. The Bertz CT molecular complexity index is 1030. The molecule has 30 heavy (non-hydrogen) atoms. The summed E-state index contributed by atoms with van der Waals surface area (Å²) in [4.78, 5) is 27.6. The number of fused-ring (bicyclic) bond motifs is 1. The third-order valence-corrected chi connectivity index (χ3v) is 7.84. The molecule has 1 aliphatic rings. The van der Waals surface area contributed by atoms with Gasteiger partial charge in [-0.25, -0.2) is 8.42 Å². The van der Waals surface area contributed by atoms with Gasteiger partial charge >= 0.3 is 5.97 Å². The van der Waals surface area contributed by atoms with Crippen LogP contribution in [0.2, 0.25) is 0 Å². The van der Waals surface area contributed by atoms with Gasteiger partial charge in [-0.05, 0) is 62.4 Å². The molecule has 2 aromatic rings. The summed E-state index contributed by atoms with van der Waals surface area (Å²) in [5, 5.41) is 1.98. The topological polar surface area (TPSA) is 84.0 Å². The molecule has 7 nitrogen and oxygen atoms in total. The Morgan fingerprint density at radius 3 is 2.73 bits per heavy atom. The average Bonchev–Trinajstić information content (AvgIpc) is 3.19. The lowest BCUT2D eigenvalue weighted by molar-refractivity contribution is -0.144. The number of benzene rings is 1. The molecule has 1 aliphatic heterocycles. The molecule has 0 radical (unpaired) electrons. The fourth-order valence-electron chi connectivity index (χ4n) is 3.37. The maximum atomic E-state index is 13.2. The molecule has 2 heterocycles. The lowest BCUT2D eigenvalue weighted by atomic mass is 10.1. The largest absolute Gasteiger partial charge is 0.465 e. The first-order valence-electron chi connectivity index (χ1n) is 9.86. The second-order valence-corrected chi connectivity index (χ2v) is 10.3. The standard InChI is InChI=1S/C21H26N2O5S2/c1-4-28-20(24)14-23(15(2)3)21(25)16-6-5-7-18(12-16)30(26,27)22-10-8-19-17(13-22)9-11-29-19/h5-7,9,11-12,15H,4,8,10,13-14H2,1-3H3. The van der Waals surface area contributed by atoms with Crippen LogP contribution in [0.15, 0.2) is 40.6 Å². The van der Waals surface area contributed by atoms with Gasteiger partial charge in [-0.3, -0.25) is 9.59 Å². The second kappa shape index (κ2) is 9.28. The number of amides is 1. The molecule has 1 aromatic heterocycles. The Hall–Kier alpha value is -2.23. The van der Waals surface area contributed by atoms with Crippen molar-refractivity contribution in [1.29, 1.82) is 0 Å². The third-order valence-electron chi connectivity index (χ3n) is 4.98. The molecule has 1 amide bonds. The zero-order valence-electron chi connectivity index (χ0n) is 17.3. The molecule has 0 saturated heterocycles. The predicted octanol–water partition coefficient (Wildman–Crippen LogP) is 2.91. The molecular formula is C21H26N2O5S2. The Morgan fingerprint density at radius 2 is 2.03 bits per heavy atom. The summed E-state index contributed by atoms with van der Waals surface area (Å²) in [5.41, 5.74) is 1.25. The average molecular weight is 451 g/mol. The zero-order chi connectivity index (χ0) is 21.9. The van der Waals surface area contributed by atoms with E-state index in [0.717, 1.165) is 5.56 Å². The molecule has 0 aliphatic carbocycles. The van der Waals surface area contributed by atoms with E-state index in [1.54, 1.807) is 44.2 Å². The van der Waals surface area contributed by atoms with Gasteiger partial charge in [0.15, 0.2) is 0 Å².